The summed E-state index contributed by atoms with van der Waals surface area (Å²) in [5.74, 6) is 1.62. The van der Waals surface area contributed by atoms with Gasteiger partial charge in [0.2, 0.25) is 0 Å². The molecular weight excluding hydrogens is 368 g/mol. The molecule has 1 atom stereocenters. The Morgan fingerprint density at radius 1 is 1.07 bits per heavy atom. The van der Waals surface area contributed by atoms with Crippen LogP contribution in [0.3, 0.4) is 0 Å². The lowest BCUT2D eigenvalue weighted by atomic mass is 10.2. The smallest absolute Gasteiger partial charge is 0.165 e. The number of rotatable bonds is 4. The van der Waals surface area contributed by atoms with Crippen LogP contribution in [0.1, 0.15) is 18.4 Å². The monoisotopic (exact) mass is 390 g/mol. The Hall–Kier alpha value is -3.25. The van der Waals surface area contributed by atoms with Gasteiger partial charge in [-0.3, -0.25) is 0 Å². The van der Waals surface area contributed by atoms with E-state index in [1.807, 2.05) is 12.4 Å². The van der Waals surface area contributed by atoms with Gasteiger partial charge in [-0.1, -0.05) is 0 Å². The molecule has 0 aromatic carbocycles. The van der Waals surface area contributed by atoms with Crippen LogP contribution >= 0.6 is 0 Å². The molecule has 0 N–H and O–H groups in total. The fraction of sp³-hybridized carbons (Fsp3) is 0.450. The molecular formula is C20H22N8O. The summed E-state index contributed by atoms with van der Waals surface area (Å²) in [6.45, 7) is 4.73. The van der Waals surface area contributed by atoms with Crippen molar-refractivity contribution in [2.45, 2.75) is 25.5 Å². The van der Waals surface area contributed by atoms with Gasteiger partial charge in [0.25, 0.3) is 0 Å². The number of aromatic nitrogens is 5. The van der Waals surface area contributed by atoms with Gasteiger partial charge in [0.05, 0.1) is 24.5 Å². The van der Waals surface area contributed by atoms with E-state index in [0.717, 1.165) is 75.0 Å². The normalized spacial score (nSPS) is 19.6. The van der Waals surface area contributed by atoms with E-state index in [1.165, 1.54) is 0 Å². The van der Waals surface area contributed by atoms with Gasteiger partial charge in [-0.05, 0) is 25.0 Å². The summed E-state index contributed by atoms with van der Waals surface area (Å²) >= 11 is 0. The van der Waals surface area contributed by atoms with Gasteiger partial charge in [-0.25, -0.2) is 19.9 Å². The lowest BCUT2D eigenvalue weighted by Gasteiger charge is -2.36. The van der Waals surface area contributed by atoms with Gasteiger partial charge in [0, 0.05) is 39.0 Å². The summed E-state index contributed by atoms with van der Waals surface area (Å²) < 4.78 is 7.83. The Morgan fingerprint density at radius 3 is 2.66 bits per heavy atom. The first kappa shape index (κ1) is 17.8. The second-order valence-electron chi connectivity index (χ2n) is 7.36. The van der Waals surface area contributed by atoms with Crippen LogP contribution in [0.25, 0.3) is 11.2 Å². The highest BCUT2D eigenvalue weighted by molar-refractivity contribution is 5.83. The molecule has 2 aliphatic heterocycles. The van der Waals surface area contributed by atoms with Crippen molar-refractivity contribution >= 4 is 22.8 Å². The molecule has 0 aliphatic carbocycles. The van der Waals surface area contributed by atoms with Crippen molar-refractivity contribution in [1.82, 2.24) is 24.5 Å². The maximum atomic E-state index is 9.34. The lowest BCUT2D eigenvalue weighted by Crippen LogP contribution is -2.47. The zero-order valence-electron chi connectivity index (χ0n) is 16.1. The summed E-state index contributed by atoms with van der Waals surface area (Å²) in [4.78, 5) is 22.4. The van der Waals surface area contributed by atoms with E-state index in [9.17, 15) is 5.26 Å². The van der Waals surface area contributed by atoms with E-state index in [1.54, 1.807) is 18.6 Å². The number of imidazole rings is 1. The molecule has 29 heavy (non-hydrogen) atoms. The van der Waals surface area contributed by atoms with Crippen LogP contribution in [-0.4, -0.2) is 63.4 Å². The molecule has 0 amide bonds. The Morgan fingerprint density at radius 2 is 1.90 bits per heavy atom. The van der Waals surface area contributed by atoms with E-state index < -0.39 is 0 Å². The molecule has 2 saturated heterocycles. The Balaban J connectivity index is 1.34. The SMILES string of the molecule is N#Cc1cccnc1N1CCN(c2ncnc3c2ncn3CC2CCCO2)CC1. The summed E-state index contributed by atoms with van der Waals surface area (Å²) in [5, 5.41) is 9.34. The van der Waals surface area contributed by atoms with E-state index >= 15 is 0 Å². The van der Waals surface area contributed by atoms with Crippen molar-refractivity contribution < 1.29 is 4.74 Å². The molecule has 0 spiro atoms. The summed E-state index contributed by atoms with van der Waals surface area (Å²) in [6.07, 6.45) is 7.63. The molecule has 1 unspecified atom stereocenters. The number of anilines is 2. The number of ether oxygens (including phenoxy) is 1. The number of nitriles is 1. The van der Waals surface area contributed by atoms with Crippen molar-refractivity contribution in [1.29, 1.82) is 5.26 Å². The molecule has 2 aliphatic rings. The third-order valence-corrected chi connectivity index (χ3v) is 5.59. The highest BCUT2D eigenvalue weighted by Gasteiger charge is 2.24. The number of pyridine rings is 1. The Kier molecular flexibility index (Phi) is 4.69. The quantitative estimate of drug-likeness (QED) is 0.663. The average Bonchev–Trinajstić information content (AvgIpc) is 3.44. The number of hydrogen-bond donors (Lipinski definition) is 0. The fourth-order valence-electron chi connectivity index (χ4n) is 4.11. The van der Waals surface area contributed by atoms with Gasteiger partial charge < -0.3 is 19.1 Å². The van der Waals surface area contributed by atoms with Crippen LogP contribution in [-0.2, 0) is 11.3 Å². The van der Waals surface area contributed by atoms with Crippen LogP contribution in [0.4, 0.5) is 11.6 Å². The minimum atomic E-state index is 0.238. The largest absolute Gasteiger partial charge is 0.376 e. The third-order valence-electron chi connectivity index (χ3n) is 5.59. The van der Waals surface area contributed by atoms with Gasteiger partial charge in [0.15, 0.2) is 17.0 Å². The van der Waals surface area contributed by atoms with Crippen molar-refractivity contribution in [2.75, 3.05) is 42.6 Å². The molecule has 148 valence electrons. The first-order valence-electron chi connectivity index (χ1n) is 9.96. The molecule has 0 saturated carbocycles. The maximum Gasteiger partial charge on any atom is 0.165 e. The molecule has 9 heteroatoms. The standard InChI is InChI=1S/C20H22N8O/c21-11-15-3-1-5-22-18(15)26-6-8-27(9-7-26)19-17-20(24-13-23-19)28(14-25-17)12-16-4-2-10-29-16/h1,3,5,13-14,16H,2,4,6-10,12H2. The predicted molar refractivity (Wildman–Crippen MR) is 108 cm³/mol. The van der Waals surface area contributed by atoms with E-state index in [0.29, 0.717) is 5.56 Å². The first-order valence-corrected chi connectivity index (χ1v) is 9.96. The van der Waals surface area contributed by atoms with Gasteiger partial charge in [-0.15, -0.1) is 0 Å². The van der Waals surface area contributed by atoms with Crippen LogP contribution in [0.15, 0.2) is 31.0 Å². The summed E-state index contributed by atoms with van der Waals surface area (Å²) in [7, 11) is 0. The Bertz CT molecular complexity index is 1040. The first-order chi connectivity index (χ1) is 14.3. The van der Waals surface area contributed by atoms with E-state index in [2.05, 4.69) is 40.4 Å². The molecule has 5 rings (SSSR count). The molecule has 3 aromatic heterocycles. The highest BCUT2D eigenvalue weighted by atomic mass is 16.5. The zero-order valence-corrected chi connectivity index (χ0v) is 16.1. The third kappa shape index (κ3) is 3.36. The lowest BCUT2D eigenvalue weighted by molar-refractivity contribution is 0.0978. The molecule has 2 fully saturated rings. The van der Waals surface area contributed by atoms with Gasteiger partial charge in [-0.2, -0.15) is 5.26 Å². The summed E-state index contributed by atoms with van der Waals surface area (Å²) in [6, 6.07) is 5.83. The van der Waals surface area contributed by atoms with Crippen LogP contribution < -0.4 is 9.80 Å². The van der Waals surface area contributed by atoms with E-state index in [-0.39, 0.29) is 6.10 Å². The number of hydrogen-bond acceptors (Lipinski definition) is 8. The molecule has 0 radical (unpaired) electrons. The predicted octanol–water partition coefficient (Wildman–Crippen LogP) is 1.60. The van der Waals surface area contributed by atoms with Gasteiger partial charge >= 0.3 is 0 Å². The van der Waals surface area contributed by atoms with Crippen LogP contribution in [0.2, 0.25) is 0 Å². The highest BCUT2D eigenvalue weighted by Crippen LogP contribution is 2.25. The summed E-state index contributed by atoms with van der Waals surface area (Å²) in [5.41, 5.74) is 2.29. The minimum absolute atomic E-state index is 0.238. The van der Waals surface area contributed by atoms with E-state index in [4.69, 9.17) is 4.74 Å². The average molecular weight is 390 g/mol. The molecule has 3 aromatic rings. The zero-order chi connectivity index (χ0) is 19.6. The van der Waals surface area contributed by atoms with Crippen molar-refractivity contribution in [2.24, 2.45) is 0 Å². The Labute approximate surface area is 168 Å². The van der Waals surface area contributed by atoms with Crippen molar-refractivity contribution in [3.63, 3.8) is 0 Å². The molecule has 0 bridgehead atoms. The number of piperazine rings is 1. The van der Waals surface area contributed by atoms with Crippen molar-refractivity contribution in [3.8, 4) is 6.07 Å². The van der Waals surface area contributed by atoms with Crippen molar-refractivity contribution in [3.05, 3.63) is 36.5 Å². The topological polar surface area (TPSA) is 96.0 Å². The second kappa shape index (κ2) is 7.64. The fourth-order valence-corrected chi connectivity index (χ4v) is 4.11. The minimum Gasteiger partial charge on any atom is -0.376 e. The van der Waals surface area contributed by atoms with Crippen LogP contribution in [0, 0.1) is 11.3 Å². The van der Waals surface area contributed by atoms with Crippen LogP contribution in [0.5, 0.6) is 0 Å². The second-order valence-corrected chi connectivity index (χ2v) is 7.36. The van der Waals surface area contributed by atoms with Gasteiger partial charge in [0.1, 0.15) is 18.2 Å². The molecule has 9 nitrogen and oxygen atoms in total. The number of nitrogens with zero attached hydrogens (tertiary/aromatic N) is 8. The maximum absolute atomic E-state index is 9.34. The number of fused-ring (bicyclic) bond motifs is 1. The molecule has 5 heterocycles.